The number of benzene rings is 1. The van der Waals surface area contributed by atoms with E-state index in [1.807, 2.05) is 4.90 Å². The fourth-order valence-electron chi connectivity index (χ4n) is 2.88. The molecule has 0 unspecified atom stereocenters. The number of piperazine rings is 1. The lowest BCUT2D eigenvalue weighted by Crippen LogP contribution is -2.54. The van der Waals surface area contributed by atoms with Crippen LogP contribution in [0.4, 0.5) is 16.0 Å². The van der Waals surface area contributed by atoms with Gasteiger partial charge in [-0.05, 0) is 44.2 Å². The number of hydrogen-bond donors (Lipinski definition) is 1. The van der Waals surface area contributed by atoms with E-state index in [9.17, 15) is 14.0 Å². The van der Waals surface area contributed by atoms with E-state index in [1.165, 1.54) is 24.3 Å². The van der Waals surface area contributed by atoms with Crippen LogP contribution in [0.15, 0.2) is 42.7 Å². The summed E-state index contributed by atoms with van der Waals surface area (Å²) in [6.07, 6.45) is 3.37. The standard InChI is InChI=1S/C19H22FN5O2/c1-19(2,16(26)23-15-6-4-14(20)5-7-15)17(27)24-10-12-25(13-11-24)18-21-8-3-9-22-18/h3-9H,10-13H2,1-2H3,(H,23,26). The van der Waals surface area contributed by atoms with Gasteiger partial charge in [0.2, 0.25) is 17.8 Å². The number of carbonyl (C=O) groups is 2. The van der Waals surface area contributed by atoms with Crippen molar-refractivity contribution in [3.63, 3.8) is 0 Å². The largest absolute Gasteiger partial charge is 0.338 e. The molecule has 1 aromatic carbocycles. The summed E-state index contributed by atoms with van der Waals surface area (Å²) >= 11 is 0. The van der Waals surface area contributed by atoms with Gasteiger partial charge in [0.05, 0.1) is 0 Å². The van der Waals surface area contributed by atoms with E-state index in [0.717, 1.165) is 0 Å². The first-order valence-corrected chi connectivity index (χ1v) is 8.76. The lowest BCUT2D eigenvalue weighted by Gasteiger charge is -2.38. The van der Waals surface area contributed by atoms with Gasteiger partial charge < -0.3 is 15.1 Å². The first kappa shape index (κ1) is 18.8. The molecular formula is C19H22FN5O2. The predicted octanol–water partition coefficient (Wildman–Crippen LogP) is 1.93. The maximum Gasteiger partial charge on any atom is 0.239 e. The van der Waals surface area contributed by atoms with Crippen molar-refractivity contribution in [3.8, 4) is 0 Å². The fourth-order valence-corrected chi connectivity index (χ4v) is 2.88. The lowest BCUT2D eigenvalue weighted by atomic mass is 9.89. The first-order valence-electron chi connectivity index (χ1n) is 8.76. The van der Waals surface area contributed by atoms with Crippen molar-refractivity contribution in [2.24, 2.45) is 5.41 Å². The Labute approximate surface area is 157 Å². The second kappa shape index (κ2) is 7.69. The molecule has 0 saturated carbocycles. The molecule has 1 aliphatic rings. The van der Waals surface area contributed by atoms with Gasteiger partial charge in [-0.25, -0.2) is 14.4 Å². The predicted molar refractivity (Wildman–Crippen MR) is 99.6 cm³/mol. The van der Waals surface area contributed by atoms with Gasteiger partial charge in [0.1, 0.15) is 11.2 Å². The van der Waals surface area contributed by atoms with Gasteiger partial charge in [0.25, 0.3) is 0 Å². The van der Waals surface area contributed by atoms with Crippen LogP contribution < -0.4 is 10.2 Å². The molecule has 27 heavy (non-hydrogen) atoms. The number of aromatic nitrogens is 2. The molecule has 0 radical (unpaired) electrons. The number of carbonyl (C=O) groups excluding carboxylic acids is 2. The average Bonchev–Trinajstić information content (AvgIpc) is 2.70. The summed E-state index contributed by atoms with van der Waals surface area (Å²) in [5.41, 5.74) is -0.784. The fraction of sp³-hybridized carbons (Fsp3) is 0.368. The molecule has 2 amide bonds. The van der Waals surface area contributed by atoms with Gasteiger partial charge in [0.15, 0.2) is 0 Å². The topological polar surface area (TPSA) is 78.4 Å². The second-order valence-corrected chi connectivity index (χ2v) is 6.91. The van der Waals surface area contributed by atoms with Crippen molar-refractivity contribution in [1.29, 1.82) is 0 Å². The van der Waals surface area contributed by atoms with Crippen LogP contribution in [0.5, 0.6) is 0 Å². The van der Waals surface area contributed by atoms with Crippen LogP contribution in [0.1, 0.15) is 13.8 Å². The molecule has 1 aromatic heterocycles. The van der Waals surface area contributed by atoms with E-state index in [0.29, 0.717) is 37.8 Å². The highest BCUT2D eigenvalue weighted by Crippen LogP contribution is 2.23. The maximum absolute atomic E-state index is 13.0. The third-order valence-electron chi connectivity index (χ3n) is 4.61. The lowest BCUT2D eigenvalue weighted by molar-refractivity contribution is -0.146. The van der Waals surface area contributed by atoms with Crippen molar-refractivity contribution >= 4 is 23.5 Å². The van der Waals surface area contributed by atoms with Crippen molar-refractivity contribution in [2.45, 2.75) is 13.8 Å². The van der Waals surface area contributed by atoms with E-state index in [-0.39, 0.29) is 11.7 Å². The average molecular weight is 371 g/mol. The number of anilines is 2. The van der Waals surface area contributed by atoms with Gasteiger partial charge in [-0.15, -0.1) is 0 Å². The molecule has 7 nitrogen and oxygen atoms in total. The van der Waals surface area contributed by atoms with Gasteiger partial charge in [-0.2, -0.15) is 0 Å². The summed E-state index contributed by atoms with van der Waals surface area (Å²) in [4.78, 5) is 37.6. The van der Waals surface area contributed by atoms with Crippen LogP contribution in [-0.4, -0.2) is 52.9 Å². The molecule has 2 aromatic rings. The zero-order valence-electron chi connectivity index (χ0n) is 15.4. The normalized spacial score (nSPS) is 14.8. The minimum Gasteiger partial charge on any atom is -0.338 e. The molecule has 0 aliphatic carbocycles. The first-order chi connectivity index (χ1) is 12.9. The molecule has 2 heterocycles. The van der Waals surface area contributed by atoms with E-state index in [2.05, 4.69) is 15.3 Å². The molecule has 1 saturated heterocycles. The number of hydrogen-bond acceptors (Lipinski definition) is 5. The Hall–Kier alpha value is -3.03. The van der Waals surface area contributed by atoms with Crippen molar-refractivity contribution < 1.29 is 14.0 Å². The molecule has 1 N–H and O–H groups in total. The zero-order chi connectivity index (χ0) is 19.4. The molecule has 1 aliphatic heterocycles. The summed E-state index contributed by atoms with van der Waals surface area (Å²) < 4.78 is 13.0. The summed E-state index contributed by atoms with van der Waals surface area (Å²) in [5.74, 6) is -0.412. The van der Waals surface area contributed by atoms with Gasteiger partial charge >= 0.3 is 0 Å². The van der Waals surface area contributed by atoms with Crippen LogP contribution in [0.3, 0.4) is 0 Å². The monoisotopic (exact) mass is 371 g/mol. The van der Waals surface area contributed by atoms with Crippen molar-refractivity contribution in [2.75, 3.05) is 36.4 Å². The molecule has 0 spiro atoms. The summed E-state index contributed by atoms with van der Waals surface area (Å²) in [5, 5.41) is 2.68. The van der Waals surface area contributed by atoms with Gasteiger partial charge in [0, 0.05) is 44.3 Å². The zero-order valence-corrected chi connectivity index (χ0v) is 15.4. The number of halogens is 1. The Morgan fingerprint density at radius 3 is 2.22 bits per heavy atom. The Morgan fingerprint density at radius 2 is 1.63 bits per heavy atom. The van der Waals surface area contributed by atoms with Crippen molar-refractivity contribution in [1.82, 2.24) is 14.9 Å². The van der Waals surface area contributed by atoms with Gasteiger partial charge in [-0.3, -0.25) is 9.59 Å². The van der Waals surface area contributed by atoms with Gasteiger partial charge in [-0.1, -0.05) is 0 Å². The molecule has 0 bridgehead atoms. The number of nitrogens with one attached hydrogen (secondary N) is 1. The minimum absolute atomic E-state index is 0.240. The third-order valence-corrected chi connectivity index (χ3v) is 4.61. The van der Waals surface area contributed by atoms with Crippen LogP contribution in [-0.2, 0) is 9.59 Å². The SMILES string of the molecule is CC(C)(C(=O)Nc1ccc(F)cc1)C(=O)N1CCN(c2ncccn2)CC1. The van der Waals surface area contributed by atoms with Crippen LogP contribution in [0, 0.1) is 11.2 Å². The minimum atomic E-state index is -1.24. The maximum atomic E-state index is 13.0. The smallest absolute Gasteiger partial charge is 0.239 e. The molecular weight excluding hydrogens is 349 g/mol. The van der Waals surface area contributed by atoms with Crippen LogP contribution >= 0.6 is 0 Å². The van der Waals surface area contributed by atoms with E-state index >= 15 is 0 Å². The number of nitrogens with zero attached hydrogens (tertiary/aromatic N) is 4. The Kier molecular flexibility index (Phi) is 5.34. The summed E-state index contributed by atoms with van der Waals surface area (Å²) in [6, 6.07) is 7.20. The summed E-state index contributed by atoms with van der Waals surface area (Å²) in [7, 11) is 0. The molecule has 142 valence electrons. The third kappa shape index (κ3) is 4.21. The molecule has 3 rings (SSSR count). The highest BCUT2D eigenvalue weighted by Gasteiger charge is 2.40. The Bertz CT molecular complexity index is 803. The van der Waals surface area contributed by atoms with E-state index in [1.54, 1.807) is 37.2 Å². The number of rotatable bonds is 4. The Balaban J connectivity index is 1.60. The quantitative estimate of drug-likeness (QED) is 0.831. The molecule has 1 fully saturated rings. The number of amides is 2. The summed E-state index contributed by atoms with van der Waals surface area (Å²) in [6.45, 7) is 5.38. The molecule has 8 heteroatoms. The second-order valence-electron chi connectivity index (χ2n) is 6.91. The van der Waals surface area contributed by atoms with E-state index in [4.69, 9.17) is 0 Å². The highest BCUT2D eigenvalue weighted by atomic mass is 19.1. The van der Waals surface area contributed by atoms with Crippen molar-refractivity contribution in [3.05, 3.63) is 48.5 Å². The van der Waals surface area contributed by atoms with Crippen LogP contribution in [0.25, 0.3) is 0 Å². The highest BCUT2D eigenvalue weighted by molar-refractivity contribution is 6.09. The van der Waals surface area contributed by atoms with Crippen LogP contribution in [0.2, 0.25) is 0 Å². The molecule has 0 atom stereocenters. The Morgan fingerprint density at radius 1 is 1.04 bits per heavy atom. The van der Waals surface area contributed by atoms with E-state index < -0.39 is 11.3 Å².